The van der Waals surface area contributed by atoms with Crippen molar-refractivity contribution >= 4 is 28.4 Å². The summed E-state index contributed by atoms with van der Waals surface area (Å²) in [7, 11) is 0. The fraction of sp³-hybridized carbons (Fsp3) is 0.143. The minimum Gasteiger partial charge on any atom is -0.453 e. The predicted molar refractivity (Wildman–Crippen MR) is 75.8 cm³/mol. The number of nitrogen functional groups attached to an aromatic ring is 1. The fourth-order valence-electron chi connectivity index (χ4n) is 2.17. The van der Waals surface area contributed by atoms with E-state index in [1.807, 2.05) is 13.0 Å². The largest absolute Gasteiger partial charge is 0.453 e. The minimum absolute atomic E-state index is 0.183. The van der Waals surface area contributed by atoms with Crippen molar-refractivity contribution in [2.75, 3.05) is 5.73 Å². The van der Waals surface area contributed by atoms with E-state index in [0.717, 1.165) is 11.1 Å². The molecule has 5 heteroatoms. The summed E-state index contributed by atoms with van der Waals surface area (Å²) in [5.41, 5.74) is 9.55. The highest BCUT2D eigenvalue weighted by molar-refractivity contribution is 6.31. The normalized spacial score (nSPS) is 11.3. The summed E-state index contributed by atoms with van der Waals surface area (Å²) in [6, 6.07) is 4.88. The highest BCUT2D eigenvalue weighted by Gasteiger charge is 2.17. The second kappa shape index (κ2) is 3.96. The zero-order valence-electron chi connectivity index (χ0n) is 10.5. The number of halogens is 1. The van der Waals surface area contributed by atoms with Gasteiger partial charge in [-0.2, -0.15) is 0 Å². The molecule has 0 saturated heterocycles. The van der Waals surface area contributed by atoms with E-state index in [0.29, 0.717) is 28.3 Å². The van der Waals surface area contributed by atoms with Gasteiger partial charge in [-0.15, -0.1) is 0 Å². The lowest BCUT2D eigenvalue weighted by Crippen LogP contribution is -2.06. The number of aromatic nitrogens is 1. The van der Waals surface area contributed by atoms with Gasteiger partial charge in [-0.3, -0.25) is 4.79 Å². The zero-order chi connectivity index (χ0) is 13.7. The lowest BCUT2D eigenvalue weighted by atomic mass is 10.1. The Bertz CT molecular complexity index is 839. The molecule has 0 saturated carbocycles. The van der Waals surface area contributed by atoms with Gasteiger partial charge < -0.3 is 10.2 Å². The molecule has 0 bridgehead atoms. The highest BCUT2D eigenvalue weighted by atomic mass is 35.5. The van der Waals surface area contributed by atoms with Crippen LogP contribution in [0.15, 0.2) is 27.4 Å². The van der Waals surface area contributed by atoms with E-state index in [1.54, 1.807) is 13.0 Å². The average molecular weight is 275 g/mol. The Morgan fingerprint density at radius 1 is 1.26 bits per heavy atom. The van der Waals surface area contributed by atoms with Crippen molar-refractivity contribution in [3.8, 4) is 11.5 Å². The van der Waals surface area contributed by atoms with Gasteiger partial charge in [0.15, 0.2) is 11.3 Å². The molecule has 1 aromatic rings. The van der Waals surface area contributed by atoms with Gasteiger partial charge in [0.1, 0.15) is 11.2 Å². The van der Waals surface area contributed by atoms with E-state index >= 15 is 0 Å². The Hall–Kier alpha value is -2.07. The molecule has 19 heavy (non-hydrogen) atoms. The predicted octanol–water partition coefficient (Wildman–Crippen LogP) is 3.15. The minimum atomic E-state index is -0.266. The number of hydrogen-bond donors (Lipinski definition) is 1. The van der Waals surface area contributed by atoms with Crippen molar-refractivity contribution in [1.29, 1.82) is 0 Å². The first-order valence-corrected chi connectivity index (χ1v) is 6.15. The molecule has 2 N–H and O–H groups in total. The van der Waals surface area contributed by atoms with Gasteiger partial charge >= 0.3 is 0 Å². The first-order valence-electron chi connectivity index (χ1n) is 5.77. The van der Waals surface area contributed by atoms with Crippen LogP contribution in [0.1, 0.15) is 11.1 Å². The van der Waals surface area contributed by atoms with E-state index in [1.165, 1.54) is 6.07 Å². The van der Waals surface area contributed by atoms with Crippen LogP contribution < -0.4 is 11.2 Å². The van der Waals surface area contributed by atoms with Crippen molar-refractivity contribution in [2.45, 2.75) is 13.8 Å². The Morgan fingerprint density at radius 3 is 2.74 bits per heavy atom. The number of anilines is 1. The van der Waals surface area contributed by atoms with Crippen molar-refractivity contribution in [2.24, 2.45) is 0 Å². The Morgan fingerprint density at radius 2 is 2.00 bits per heavy atom. The number of nitrogens with two attached hydrogens (primary N) is 1. The molecule has 0 fully saturated rings. The van der Waals surface area contributed by atoms with Gasteiger partial charge in [-0.25, -0.2) is 4.98 Å². The number of rotatable bonds is 0. The van der Waals surface area contributed by atoms with Crippen LogP contribution in [0.25, 0.3) is 22.6 Å². The molecule has 1 heterocycles. The van der Waals surface area contributed by atoms with Crippen LogP contribution in [0.2, 0.25) is 5.02 Å². The van der Waals surface area contributed by atoms with Crippen LogP contribution in [0.4, 0.5) is 5.69 Å². The molecule has 1 aliphatic carbocycles. The summed E-state index contributed by atoms with van der Waals surface area (Å²) in [6.45, 7) is 3.67. The fourth-order valence-corrected chi connectivity index (χ4v) is 2.31. The van der Waals surface area contributed by atoms with Crippen LogP contribution in [0, 0.1) is 13.8 Å². The molecule has 0 aromatic heterocycles. The smallest absolute Gasteiger partial charge is 0.201 e. The summed E-state index contributed by atoms with van der Waals surface area (Å²) >= 11 is 5.96. The Labute approximate surface area is 114 Å². The molecule has 4 nitrogen and oxygen atoms in total. The van der Waals surface area contributed by atoms with Crippen molar-refractivity contribution in [1.82, 2.24) is 4.98 Å². The van der Waals surface area contributed by atoms with Crippen molar-refractivity contribution in [3.05, 3.63) is 44.6 Å². The third-order valence-corrected chi connectivity index (χ3v) is 3.60. The SMILES string of the molecule is Cc1c2nc3c(C)cc(N)cc3oc-2cc(=O)c1Cl. The van der Waals surface area contributed by atoms with Crippen LogP contribution in [-0.4, -0.2) is 4.98 Å². The molecule has 0 amide bonds. The zero-order valence-corrected chi connectivity index (χ0v) is 11.2. The lowest BCUT2D eigenvalue weighted by Gasteiger charge is -2.11. The highest BCUT2D eigenvalue weighted by Crippen LogP contribution is 2.31. The lowest BCUT2D eigenvalue weighted by molar-refractivity contribution is 0.611. The molecule has 0 unspecified atom stereocenters. The summed E-state index contributed by atoms with van der Waals surface area (Å²) in [5, 5.41) is 0.183. The molecule has 1 aromatic carbocycles. The van der Waals surface area contributed by atoms with Crippen LogP contribution in [-0.2, 0) is 0 Å². The summed E-state index contributed by atoms with van der Waals surface area (Å²) in [6.07, 6.45) is 0. The number of fused-ring (bicyclic) bond motifs is 2. The topological polar surface area (TPSA) is 69.1 Å². The van der Waals surface area contributed by atoms with E-state index in [4.69, 9.17) is 21.8 Å². The maximum absolute atomic E-state index is 11.7. The standard InChI is InChI=1S/C14H11ClN2O2/c1-6-3-8(16)4-10-13(6)17-14-7(2)12(15)9(18)5-11(14)19-10/h3-5H,16H2,1-2H3. The molecule has 0 spiro atoms. The third kappa shape index (κ3) is 1.76. The molecule has 2 aliphatic rings. The van der Waals surface area contributed by atoms with Crippen molar-refractivity contribution in [3.63, 3.8) is 0 Å². The Balaban J connectivity index is 2.53. The monoisotopic (exact) mass is 274 g/mol. The van der Waals surface area contributed by atoms with E-state index < -0.39 is 0 Å². The van der Waals surface area contributed by atoms with Gasteiger partial charge in [0.2, 0.25) is 5.43 Å². The molecular formula is C14H11ClN2O2. The number of benzene rings is 2. The summed E-state index contributed by atoms with van der Waals surface area (Å²) < 4.78 is 5.72. The average Bonchev–Trinajstić information content (AvgIpc) is 2.34. The Kier molecular flexibility index (Phi) is 2.50. The molecule has 0 radical (unpaired) electrons. The number of aryl methyl sites for hydroxylation is 1. The van der Waals surface area contributed by atoms with Crippen LogP contribution in [0.5, 0.6) is 0 Å². The van der Waals surface area contributed by atoms with Gasteiger partial charge in [0, 0.05) is 23.4 Å². The van der Waals surface area contributed by atoms with Gasteiger partial charge in [-0.1, -0.05) is 11.6 Å². The van der Waals surface area contributed by atoms with E-state index in [2.05, 4.69) is 4.98 Å². The molecule has 1 aliphatic heterocycles. The van der Waals surface area contributed by atoms with Gasteiger partial charge in [0.25, 0.3) is 0 Å². The van der Waals surface area contributed by atoms with E-state index in [9.17, 15) is 4.79 Å². The van der Waals surface area contributed by atoms with Crippen molar-refractivity contribution < 1.29 is 4.42 Å². The van der Waals surface area contributed by atoms with Gasteiger partial charge in [0.05, 0.1) is 5.02 Å². The first-order chi connectivity index (χ1) is 8.97. The maximum Gasteiger partial charge on any atom is 0.201 e. The molecular weight excluding hydrogens is 264 g/mol. The number of hydrogen-bond acceptors (Lipinski definition) is 4. The third-order valence-electron chi connectivity index (χ3n) is 3.13. The van der Waals surface area contributed by atoms with Crippen LogP contribution >= 0.6 is 11.6 Å². The maximum atomic E-state index is 11.7. The second-order valence-electron chi connectivity index (χ2n) is 4.56. The molecule has 96 valence electrons. The quantitative estimate of drug-likeness (QED) is 0.505. The van der Waals surface area contributed by atoms with Gasteiger partial charge in [-0.05, 0) is 25.5 Å². The first kappa shape index (κ1) is 12.0. The van der Waals surface area contributed by atoms with Crippen LogP contribution in [0.3, 0.4) is 0 Å². The second-order valence-corrected chi connectivity index (χ2v) is 4.94. The number of nitrogens with zero attached hydrogens (tertiary/aromatic N) is 1. The molecule has 0 atom stereocenters. The summed E-state index contributed by atoms with van der Waals surface area (Å²) in [5.74, 6) is 0.421. The van der Waals surface area contributed by atoms with E-state index in [-0.39, 0.29) is 10.5 Å². The molecule has 3 rings (SSSR count). The summed E-state index contributed by atoms with van der Waals surface area (Å²) in [4.78, 5) is 16.2.